The lowest BCUT2D eigenvalue weighted by atomic mass is 9.82. The topological polar surface area (TPSA) is 49.4 Å². The number of rotatable bonds is 3. The van der Waals surface area contributed by atoms with Gasteiger partial charge in [0.15, 0.2) is 0 Å². The molecule has 2 aliphatic rings. The van der Waals surface area contributed by atoms with Crippen LogP contribution in [-0.2, 0) is 0 Å². The molecule has 112 valence electrons. The summed E-state index contributed by atoms with van der Waals surface area (Å²) in [5.74, 6) is 1.12. The molecule has 1 aromatic carbocycles. The molecule has 21 heavy (non-hydrogen) atoms. The summed E-state index contributed by atoms with van der Waals surface area (Å²) >= 11 is 0. The summed E-state index contributed by atoms with van der Waals surface area (Å²) in [6.45, 7) is 3.27. The van der Waals surface area contributed by atoms with Crippen molar-refractivity contribution in [1.82, 2.24) is 4.90 Å². The van der Waals surface area contributed by atoms with E-state index in [4.69, 9.17) is 0 Å². The first-order valence-corrected chi connectivity index (χ1v) is 7.76. The van der Waals surface area contributed by atoms with Gasteiger partial charge >= 0.3 is 0 Å². The minimum Gasteiger partial charge on any atom is -0.385 e. The number of carbonyl (C=O) groups is 2. The average molecular weight is 286 g/mol. The van der Waals surface area contributed by atoms with Gasteiger partial charge in [-0.25, -0.2) is 0 Å². The smallest absolute Gasteiger partial charge is 0.261 e. The van der Waals surface area contributed by atoms with Crippen molar-refractivity contribution in [2.45, 2.75) is 32.6 Å². The average Bonchev–Trinajstić information content (AvgIpc) is 2.70. The van der Waals surface area contributed by atoms with Gasteiger partial charge in [-0.05, 0) is 42.9 Å². The predicted octanol–water partition coefficient (Wildman–Crippen LogP) is 3.15. The van der Waals surface area contributed by atoms with Gasteiger partial charge in [-0.3, -0.25) is 14.5 Å². The maximum atomic E-state index is 12.0. The minimum absolute atomic E-state index is 0.204. The van der Waals surface area contributed by atoms with Crippen LogP contribution in [0.5, 0.6) is 0 Å². The number of carbonyl (C=O) groups excluding carboxylic acids is 2. The van der Waals surface area contributed by atoms with Crippen LogP contribution in [0.3, 0.4) is 0 Å². The minimum atomic E-state index is -0.206. The number of fused-ring (bicyclic) bond motifs is 1. The van der Waals surface area contributed by atoms with E-state index in [1.807, 2.05) is 12.1 Å². The summed E-state index contributed by atoms with van der Waals surface area (Å²) in [6.07, 6.45) is 5.22. The van der Waals surface area contributed by atoms with Crippen molar-refractivity contribution in [3.63, 3.8) is 0 Å². The molecular formula is C17H22N2O2. The molecule has 4 heteroatoms. The third-order valence-corrected chi connectivity index (χ3v) is 4.73. The number of benzene rings is 1. The van der Waals surface area contributed by atoms with E-state index >= 15 is 0 Å². The molecular weight excluding hydrogens is 264 g/mol. The van der Waals surface area contributed by atoms with E-state index in [9.17, 15) is 9.59 Å². The second-order valence-corrected chi connectivity index (χ2v) is 6.45. The van der Waals surface area contributed by atoms with Gasteiger partial charge in [0, 0.05) is 19.3 Å². The van der Waals surface area contributed by atoms with Crippen molar-refractivity contribution in [1.29, 1.82) is 0 Å². The SMILES string of the molecule is CC1CCCC(CNc2ccc3c(c2)C(=O)N(C)C3=O)C1. The highest BCUT2D eigenvalue weighted by atomic mass is 16.2. The van der Waals surface area contributed by atoms with Crippen LogP contribution >= 0.6 is 0 Å². The summed E-state index contributed by atoms with van der Waals surface area (Å²) in [7, 11) is 1.53. The van der Waals surface area contributed by atoms with Gasteiger partial charge in [-0.1, -0.05) is 19.8 Å². The molecule has 1 heterocycles. The Hall–Kier alpha value is -1.84. The highest BCUT2D eigenvalue weighted by Crippen LogP contribution is 2.29. The van der Waals surface area contributed by atoms with E-state index < -0.39 is 0 Å². The molecule has 2 atom stereocenters. The van der Waals surface area contributed by atoms with Gasteiger partial charge in [-0.2, -0.15) is 0 Å². The second-order valence-electron chi connectivity index (χ2n) is 6.45. The van der Waals surface area contributed by atoms with Gasteiger partial charge in [-0.15, -0.1) is 0 Å². The zero-order chi connectivity index (χ0) is 15.0. The van der Waals surface area contributed by atoms with Crippen molar-refractivity contribution in [3.8, 4) is 0 Å². The van der Waals surface area contributed by atoms with Crippen molar-refractivity contribution in [2.75, 3.05) is 18.9 Å². The quantitative estimate of drug-likeness (QED) is 0.868. The number of anilines is 1. The Morgan fingerprint density at radius 3 is 2.71 bits per heavy atom. The van der Waals surface area contributed by atoms with Crippen molar-refractivity contribution in [2.24, 2.45) is 11.8 Å². The van der Waals surface area contributed by atoms with Crippen LogP contribution in [0.4, 0.5) is 5.69 Å². The van der Waals surface area contributed by atoms with E-state index in [0.717, 1.165) is 18.2 Å². The molecule has 1 aliphatic heterocycles. The highest BCUT2D eigenvalue weighted by molar-refractivity contribution is 6.21. The van der Waals surface area contributed by atoms with Crippen molar-refractivity contribution >= 4 is 17.5 Å². The lowest BCUT2D eigenvalue weighted by Crippen LogP contribution is -2.24. The van der Waals surface area contributed by atoms with Gasteiger partial charge in [0.1, 0.15) is 0 Å². The third kappa shape index (κ3) is 2.67. The van der Waals surface area contributed by atoms with E-state index in [0.29, 0.717) is 17.0 Å². The second kappa shape index (κ2) is 5.51. The Balaban J connectivity index is 1.68. The Morgan fingerprint density at radius 1 is 1.19 bits per heavy atom. The number of nitrogens with one attached hydrogen (secondary N) is 1. The molecule has 0 radical (unpaired) electrons. The molecule has 0 bridgehead atoms. The molecule has 1 fully saturated rings. The summed E-state index contributed by atoms with van der Waals surface area (Å²) < 4.78 is 0. The fourth-order valence-electron chi connectivity index (χ4n) is 3.48. The van der Waals surface area contributed by atoms with Crippen molar-refractivity contribution in [3.05, 3.63) is 29.3 Å². The molecule has 1 N–H and O–H groups in total. The van der Waals surface area contributed by atoms with Gasteiger partial charge in [0.2, 0.25) is 0 Å². The van der Waals surface area contributed by atoms with Gasteiger partial charge < -0.3 is 5.32 Å². The standard InChI is InChI=1S/C17H22N2O2/c1-11-4-3-5-12(8-11)10-18-13-6-7-14-15(9-13)17(21)19(2)16(14)20/h6-7,9,11-12,18H,3-5,8,10H2,1-2H3. The first-order chi connectivity index (χ1) is 10.1. The molecule has 1 saturated carbocycles. The molecule has 0 spiro atoms. The first-order valence-electron chi connectivity index (χ1n) is 7.76. The normalized spacial score (nSPS) is 25.1. The molecule has 0 saturated heterocycles. The monoisotopic (exact) mass is 286 g/mol. The Labute approximate surface area is 125 Å². The fourth-order valence-corrected chi connectivity index (χ4v) is 3.48. The number of amides is 2. The van der Waals surface area contributed by atoms with E-state index in [1.54, 1.807) is 6.07 Å². The lowest BCUT2D eigenvalue weighted by molar-refractivity contribution is 0.0693. The predicted molar refractivity (Wildman–Crippen MR) is 82.5 cm³/mol. The van der Waals surface area contributed by atoms with Crippen molar-refractivity contribution < 1.29 is 9.59 Å². The largest absolute Gasteiger partial charge is 0.385 e. The maximum Gasteiger partial charge on any atom is 0.261 e. The maximum absolute atomic E-state index is 12.0. The Kier molecular flexibility index (Phi) is 3.70. The van der Waals surface area contributed by atoms with E-state index in [-0.39, 0.29) is 11.8 Å². The van der Waals surface area contributed by atoms with Crippen LogP contribution in [0.1, 0.15) is 53.3 Å². The van der Waals surface area contributed by atoms with Crippen LogP contribution in [0.15, 0.2) is 18.2 Å². The van der Waals surface area contributed by atoms with Crippen LogP contribution < -0.4 is 5.32 Å². The number of hydrogen-bond acceptors (Lipinski definition) is 3. The van der Waals surface area contributed by atoms with Crippen LogP contribution in [0, 0.1) is 11.8 Å². The van der Waals surface area contributed by atoms with Gasteiger partial charge in [0.05, 0.1) is 11.1 Å². The summed E-state index contributed by atoms with van der Waals surface area (Å²) in [4.78, 5) is 25.0. The Morgan fingerprint density at radius 2 is 1.95 bits per heavy atom. The summed E-state index contributed by atoms with van der Waals surface area (Å²) in [5, 5.41) is 3.43. The van der Waals surface area contributed by atoms with E-state index in [1.165, 1.54) is 37.6 Å². The van der Waals surface area contributed by atoms with Gasteiger partial charge in [0.25, 0.3) is 11.8 Å². The van der Waals surface area contributed by atoms with Crippen LogP contribution in [0.2, 0.25) is 0 Å². The van der Waals surface area contributed by atoms with Crippen LogP contribution in [0.25, 0.3) is 0 Å². The highest BCUT2D eigenvalue weighted by Gasteiger charge is 2.32. The summed E-state index contributed by atoms with van der Waals surface area (Å²) in [6, 6.07) is 5.46. The zero-order valence-electron chi connectivity index (χ0n) is 12.7. The lowest BCUT2D eigenvalue weighted by Gasteiger charge is -2.27. The molecule has 3 rings (SSSR count). The zero-order valence-corrected chi connectivity index (χ0v) is 12.7. The molecule has 1 aromatic rings. The Bertz CT molecular complexity index is 582. The molecule has 2 amide bonds. The number of nitrogens with zero attached hydrogens (tertiary/aromatic N) is 1. The molecule has 1 aliphatic carbocycles. The molecule has 2 unspecified atom stereocenters. The van der Waals surface area contributed by atoms with E-state index in [2.05, 4.69) is 12.2 Å². The number of imide groups is 1. The third-order valence-electron chi connectivity index (χ3n) is 4.73. The molecule has 4 nitrogen and oxygen atoms in total. The van der Waals surface area contributed by atoms with Crippen LogP contribution in [-0.4, -0.2) is 30.3 Å². The first kappa shape index (κ1) is 14.1. The molecule has 0 aromatic heterocycles. The summed E-state index contributed by atoms with van der Waals surface area (Å²) in [5.41, 5.74) is 1.97. The fraction of sp³-hybridized carbons (Fsp3) is 0.529. The number of hydrogen-bond donors (Lipinski definition) is 1.